The molecule has 0 heterocycles. The molecule has 0 N–H and O–H groups in total. The second-order valence-electron chi connectivity index (χ2n) is 6.22. The van der Waals surface area contributed by atoms with Crippen LogP contribution in [0.5, 0.6) is 0 Å². The van der Waals surface area contributed by atoms with Gasteiger partial charge in [-0.25, -0.2) is 12.8 Å². The van der Waals surface area contributed by atoms with Gasteiger partial charge in [0.15, 0.2) is 9.84 Å². The normalized spacial score (nSPS) is 15.5. The summed E-state index contributed by atoms with van der Waals surface area (Å²) in [4.78, 5) is 11.6. The van der Waals surface area contributed by atoms with Gasteiger partial charge < -0.3 is 0 Å². The summed E-state index contributed by atoms with van der Waals surface area (Å²) in [7, 11) is -3.26. The zero-order valence-electron chi connectivity index (χ0n) is 14.2. The highest BCUT2D eigenvalue weighted by molar-refractivity contribution is 7.90. The Kier molecular flexibility index (Phi) is 4.86. The van der Waals surface area contributed by atoms with Crippen LogP contribution >= 0.6 is 11.6 Å². The fourth-order valence-electron chi connectivity index (χ4n) is 3.10. The zero-order valence-corrected chi connectivity index (χ0v) is 15.8. The van der Waals surface area contributed by atoms with Crippen molar-refractivity contribution >= 4 is 43.9 Å². The number of fused-ring (bicyclic) bond motifs is 1. The molecule has 0 atom stereocenters. The number of hydrogen-bond donors (Lipinski definition) is 0. The summed E-state index contributed by atoms with van der Waals surface area (Å²) in [5, 5.41) is -0.506. The Morgan fingerprint density at radius 1 is 1.12 bits per heavy atom. The molecule has 0 saturated carbocycles. The summed E-state index contributed by atoms with van der Waals surface area (Å²) < 4.78 is 36.9. The van der Waals surface area contributed by atoms with Crippen LogP contribution in [0.15, 0.2) is 52.9 Å². The fraction of sp³-hybridized carbons (Fsp3) is 0.150. The first-order chi connectivity index (χ1) is 12.2. The number of sulfone groups is 1. The average molecular weight is 391 g/mol. The average Bonchev–Trinajstić information content (AvgIpc) is 2.79. The van der Waals surface area contributed by atoms with Gasteiger partial charge in [0.2, 0.25) is 5.24 Å². The molecular formula is C20H16ClFO3S. The van der Waals surface area contributed by atoms with E-state index in [1.165, 1.54) is 12.1 Å². The molecule has 3 nitrogen and oxygen atoms in total. The maximum atomic E-state index is 13.7. The quantitative estimate of drug-likeness (QED) is 0.710. The van der Waals surface area contributed by atoms with E-state index in [-0.39, 0.29) is 17.1 Å². The van der Waals surface area contributed by atoms with Gasteiger partial charge >= 0.3 is 0 Å². The van der Waals surface area contributed by atoms with Crippen molar-refractivity contribution in [3.05, 3.63) is 70.5 Å². The third kappa shape index (κ3) is 3.64. The van der Waals surface area contributed by atoms with E-state index in [1.807, 2.05) is 13.0 Å². The van der Waals surface area contributed by atoms with Gasteiger partial charge in [0.05, 0.1) is 4.90 Å². The Bertz CT molecular complexity index is 1060. The van der Waals surface area contributed by atoms with Crippen molar-refractivity contribution in [2.45, 2.75) is 18.2 Å². The van der Waals surface area contributed by atoms with Crippen molar-refractivity contribution in [2.24, 2.45) is 0 Å². The number of benzene rings is 2. The largest absolute Gasteiger partial charge is 0.281 e. The first-order valence-electron chi connectivity index (χ1n) is 7.87. The number of rotatable bonds is 4. The Hall–Kier alpha value is -2.24. The predicted octanol–water partition coefficient (Wildman–Crippen LogP) is 4.71. The van der Waals surface area contributed by atoms with Gasteiger partial charge in [-0.1, -0.05) is 18.2 Å². The maximum absolute atomic E-state index is 13.7. The topological polar surface area (TPSA) is 51.2 Å². The standard InChI is InChI=1S/C20H16ClFO3S/c1-12-17(9-13-3-6-15(7-4-13)26(2,24)25)16-8-5-14(22)10-19(16)18(12)11-20(21)23/h3-10H,11H2,1-2H3/b17-9-. The van der Waals surface area contributed by atoms with Crippen LogP contribution in [0.1, 0.15) is 30.0 Å². The maximum Gasteiger partial charge on any atom is 0.226 e. The molecule has 2 aromatic rings. The molecule has 0 aromatic heterocycles. The lowest BCUT2D eigenvalue weighted by Crippen LogP contribution is -1.96. The molecular weight excluding hydrogens is 375 g/mol. The van der Waals surface area contributed by atoms with E-state index in [0.717, 1.165) is 28.5 Å². The molecule has 134 valence electrons. The minimum Gasteiger partial charge on any atom is -0.281 e. The monoisotopic (exact) mass is 390 g/mol. The summed E-state index contributed by atoms with van der Waals surface area (Å²) in [6.07, 6.45) is 3.07. The fourth-order valence-corrected chi connectivity index (χ4v) is 3.86. The Labute approximate surface area is 156 Å². The summed E-state index contributed by atoms with van der Waals surface area (Å²) in [5.74, 6) is -0.380. The lowest BCUT2D eigenvalue weighted by Gasteiger charge is -2.05. The number of carbonyl (C=O) groups excluding carboxylic acids is 1. The molecule has 0 unspecified atom stereocenters. The molecule has 1 aliphatic rings. The Morgan fingerprint density at radius 2 is 1.77 bits per heavy atom. The van der Waals surface area contributed by atoms with Gasteiger partial charge in [-0.2, -0.15) is 0 Å². The number of allylic oxidation sites excluding steroid dienone is 3. The molecule has 1 aliphatic carbocycles. The molecule has 0 bridgehead atoms. The molecule has 26 heavy (non-hydrogen) atoms. The van der Waals surface area contributed by atoms with Crippen molar-refractivity contribution in [2.75, 3.05) is 6.26 Å². The van der Waals surface area contributed by atoms with Crippen molar-refractivity contribution in [3.8, 4) is 0 Å². The van der Waals surface area contributed by atoms with Crippen molar-refractivity contribution in [1.29, 1.82) is 0 Å². The van der Waals surface area contributed by atoms with E-state index in [4.69, 9.17) is 11.6 Å². The molecule has 0 radical (unpaired) electrons. The SMILES string of the molecule is CC1=C(CC(=O)Cl)c2cc(F)ccc2/C1=C\c1ccc(S(C)(=O)=O)cc1. The van der Waals surface area contributed by atoms with Crippen molar-refractivity contribution in [3.63, 3.8) is 0 Å². The van der Waals surface area contributed by atoms with E-state index in [9.17, 15) is 17.6 Å². The minimum absolute atomic E-state index is 0.0220. The Morgan fingerprint density at radius 3 is 2.35 bits per heavy atom. The summed E-state index contributed by atoms with van der Waals surface area (Å²) in [5.41, 5.74) is 4.71. The molecule has 0 amide bonds. The van der Waals surface area contributed by atoms with Crippen LogP contribution in [0, 0.1) is 5.82 Å². The molecule has 0 aliphatic heterocycles. The van der Waals surface area contributed by atoms with Crippen LogP contribution in [0.2, 0.25) is 0 Å². The van der Waals surface area contributed by atoms with Gasteiger partial charge in [-0.05, 0) is 82.3 Å². The Balaban J connectivity index is 2.11. The van der Waals surface area contributed by atoms with Crippen LogP contribution in [0.4, 0.5) is 4.39 Å². The zero-order chi connectivity index (χ0) is 19.1. The van der Waals surface area contributed by atoms with Gasteiger partial charge in [0, 0.05) is 12.7 Å². The molecule has 0 fully saturated rings. The predicted molar refractivity (Wildman–Crippen MR) is 102 cm³/mol. The van der Waals surface area contributed by atoms with Crippen LogP contribution in [-0.2, 0) is 14.6 Å². The smallest absolute Gasteiger partial charge is 0.226 e. The highest BCUT2D eigenvalue weighted by Crippen LogP contribution is 2.44. The van der Waals surface area contributed by atoms with Crippen LogP contribution in [0.25, 0.3) is 17.2 Å². The van der Waals surface area contributed by atoms with E-state index in [0.29, 0.717) is 11.1 Å². The second-order valence-corrected chi connectivity index (χ2v) is 8.66. The first kappa shape index (κ1) is 18.5. The molecule has 6 heteroatoms. The molecule has 0 spiro atoms. The first-order valence-corrected chi connectivity index (χ1v) is 10.1. The molecule has 2 aromatic carbocycles. The van der Waals surface area contributed by atoms with Gasteiger partial charge in [-0.3, -0.25) is 4.79 Å². The number of halogens is 2. The third-order valence-electron chi connectivity index (χ3n) is 4.39. The summed E-state index contributed by atoms with van der Waals surface area (Å²) in [6.45, 7) is 1.86. The van der Waals surface area contributed by atoms with E-state index in [2.05, 4.69) is 0 Å². The lowest BCUT2D eigenvalue weighted by atomic mass is 10.0. The van der Waals surface area contributed by atoms with Crippen molar-refractivity contribution < 1.29 is 17.6 Å². The molecule has 3 rings (SSSR count). The summed E-state index contributed by atoms with van der Waals surface area (Å²) >= 11 is 5.55. The van der Waals surface area contributed by atoms with Crippen LogP contribution in [-0.4, -0.2) is 19.9 Å². The highest BCUT2D eigenvalue weighted by atomic mass is 35.5. The van der Waals surface area contributed by atoms with Gasteiger partial charge in [-0.15, -0.1) is 0 Å². The summed E-state index contributed by atoms with van der Waals surface area (Å²) in [6, 6.07) is 11.0. The number of hydrogen-bond acceptors (Lipinski definition) is 3. The van der Waals surface area contributed by atoms with E-state index < -0.39 is 15.1 Å². The van der Waals surface area contributed by atoms with E-state index in [1.54, 1.807) is 30.3 Å². The second kappa shape index (κ2) is 6.82. The highest BCUT2D eigenvalue weighted by Gasteiger charge is 2.25. The minimum atomic E-state index is -3.26. The number of carbonyl (C=O) groups is 1. The van der Waals surface area contributed by atoms with Gasteiger partial charge in [0.1, 0.15) is 5.82 Å². The van der Waals surface area contributed by atoms with Crippen LogP contribution in [0.3, 0.4) is 0 Å². The van der Waals surface area contributed by atoms with Crippen LogP contribution < -0.4 is 0 Å². The van der Waals surface area contributed by atoms with Crippen molar-refractivity contribution in [1.82, 2.24) is 0 Å². The van der Waals surface area contributed by atoms with E-state index >= 15 is 0 Å². The molecule has 0 saturated heterocycles. The lowest BCUT2D eigenvalue weighted by molar-refractivity contribution is -0.110. The third-order valence-corrected chi connectivity index (χ3v) is 5.65. The van der Waals surface area contributed by atoms with Gasteiger partial charge in [0.25, 0.3) is 0 Å².